The average molecular weight is 368 g/mol. The Morgan fingerprint density at radius 2 is 1.96 bits per heavy atom. The number of benzene rings is 2. The van der Waals surface area contributed by atoms with E-state index in [0.29, 0.717) is 35.0 Å². The van der Waals surface area contributed by atoms with Crippen molar-refractivity contribution in [2.75, 3.05) is 13.7 Å². The van der Waals surface area contributed by atoms with Crippen LogP contribution < -0.4 is 9.47 Å². The van der Waals surface area contributed by atoms with Gasteiger partial charge in [0.2, 0.25) is 0 Å². The molecule has 3 rings (SSSR count). The summed E-state index contributed by atoms with van der Waals surface area (Å²) >= 11 is 0. The number of nitrogens with zero attached hydrogens (tertiary/aromatic N) is 1. The van der Waals surface area contributed by atoms with E-state index in [1.165, 1.54) is 12.8 Å². The summed E-state index contributed by atoms with van der Waals surface area (Å²) in [7, 11) is 1.61. The van der Waals surface area contributed by atoms with Gasteiger partial charge in [-0.1, -0.05) is 26.2 Å². The molecule has 0 saturated heterocycles. The Morgan fingerprint density at radius 1 is 1.11 bits per heavy atom. The lowest BCUT2D eigenvalue weighted by molar-refractivity contribution is 0.0697. The van der Waals surface area contributed by atoms with Gasteiger partial charge in [0.05, 0.1) is 30.3 Å². The molecule has 142 valence electrons. The number of rotatable bonds is 9. The molecule has 2 aromatic carbocycles. The molecule has 1 heterocycles. The first kappa shape index (κ1) is 18.8. The predicted molar refractivity (Wildman–Crippen MR) is 105 cm³/mol. The molecule has 0 bridgehead atoms. The van der Waals surface area contributed by atoms with Gasteiger partial charge in [-0.2, -0.15) is 0 Å². The first-order chi connectivity index (χ1) is 13.1. The summed E-state index contributed by atoms with van der Waals surface area (Å²) in [4.78, 5) is 18.8. The van der Waals surface area contributed by atoms with Crippen LogP contribution in [0.3, 0.4) is 0 Å². The number of carbonyl (C=O) groups is 1. The average Bonchev–Trinajstić information content (AvgIpc) is 3.11. The van der Waals surface area contributed by atoms with Crippen molar-refractivity contribution in [1.29, 1.82) is 0 Å². The largest absolute Gasteiger partial charge is 0.493 e. The standard InChI is InChI=1S/C21H24N2O4/c1-3-4-5-6-11-27-18-10-8-14(13-19(18)26-2)20-22-16-9-7-15(21(24)25)12-17(16)23-20/h7-10,12-13H,3-6,11H2,1-2H3,(H,22,23)(H,24,25). The van der Waals surface area contributed by atoms with Crippen LogP contribution in [-0.4, -0.2) is 34.8 Å². The maximum atomic E-state index is 11.1. The van der Waals surface area contributed by atoms with E-state index in [1.54, 1.807) is 25.3 Å². The third-order valence-electron chi connectivity index (χ3n) is 4.42. The molecule has 6 heteroatoms. The van der Waals surface area contributed by atoms with E-state index in [2.05, 4.69) is 16.9 Å². The van der Waals surface area contributed by atoms with Crippen LogP contribution in [0.4, 0.5) is 0 Å². The molecule has 6 nitrogen and oxygen atoms in total. The molecule has 2 N–H and O–H groups in total. The SMILES string of the molecule is CCCCCCOc1ccc(-c2nc3ccc(C(=O)O)cc3[nH]2)cc1OC. The Balaban J connectivity index is 1.80. The molecule has 0 spiro atoms. The molecule has 0 amide bonds. The van der Waals surface area contributed by atoms with E-state index in [4.69, 9.17) is 14.6 Å². The zero-order valence-corrected chi connectivity index (χ0v) is 15.6. The highest BCUT2D eigenvalue weighted by atomic mass is 16.5. The van der Waals surface area contributed by atoms with Gasteiger partial charge in [0, 0.05) is 5.56 Å². The maximum Gasteiger partial charge on any atom is 0.335 e. The fourth-order valence-corrected chi connectivity index (χ4v) is 2.92. The number of fused-ring (bicyclic) bond motifs is 1. The van der Waals surface area contributed by atoms with Crippen LogP contribution in [0.5, 0.6) is 11.5 Å². The van der Waals surface area contributed by atoms with Crippen LogP contribution in [0.1, 0.15) is 43.0 Å². The molecule has 0 aliphatic heterocycles. The van der Waals surface area contributed by atoms with Gasteiger partial charge in [0.1, 0.15) is 5.82 Å². The van der Waals surface area contributed by atoms with E-state index in [9.17, 15) is 4.79 Å². The number of hydrogen-bond donors (Lipinski definition) is 2. The highest BCUT2D eigenvalue weighted by Gasteiger charge is 2.12. The molecule has 0 saturated carbocycles. The number of imidazole rings is 1. The second-order valence-corrected chi connectivity index (χ2v) is 6.40. The van der Waals surface area contributed by atoms with Crippen molar-refractivity contribution in [3.8, 4) is 22.9 Å². The summed E-state index contributed by atoms with van der Waals surface area (Å²) in [5.41, 5.74) is 2.46. The molecule has 3 aromatic rings. The number of hydrogen-bond acceptors (Lipinski definition) is 4. The lowest BCUT2D eigenvalue weighted by atomic mass is 10.2. The predicted octanol–water partition coefficient (Wildman–Crippen LogP) is 4.90. The molecule has 0 unspecified atom stereocenters. The van der Waals surface area contributed by atoms with E-state index < -0.39 is 5.97 Å². The molecule has 0 aliphatic carbocycles. The number of ether oxygens (including phenoxy) is 2. The highest BCUT2D eigenvalue weighted by molar-refractivity contribution is 5.93. The van der Waals surface area contributed by atoms with Crippen LogP contribution in [0.2, 0.25) is 0 Å². The van der Waals surface area contributed by atoms with Gasteiger partial charge >= 0.3 is 5.97 Å². The molecular formula is C21H24N2O4. The number of carboxylic acids is 1. The number of H-pyrrole nitrogens is 1. The second-order valence-electron chi connectivity index (χ2n) is 6.40. The molecule has 0 radical (unpaired) electrons. The fraction of sp³-hybridized carbons (Fsp3) is 0.333. The van der Waals surface area contributed by atoms with Crippen molar-refractivity contribution < 1.29 is 19.4 Å². The Kier molecular flexibility index (Phi) is 5.96. The molecule has 0 aliphatic rings. The summed E-state index contributed by atoms with van der Waals surface area (Å²) in [5.74, 6) is 1.05. The Morgan fingerprint density at radius 3 is 2.70 bits per heavy atom. The van der Waals surface area contributed by atoms with Gasteiger partial charge in [-0.25, -0.2) is 9.78 Å². The third kappa shape index (κ3) is 4.39. The number of aromatic amines is 1. The minimum absolute atomic E-state index is 0.224. The van der Waals surface area contributed by atoms with Crippen LogP contribution in [-0.2, 0) is 0 Å². The van der Waals surface area contributed by atoms with Crippen molar-refractivity contribution in [2.45, 2.75) is 32.6 Å². The van der Waals surface area contributed by atoms with Gasteiger partial charge < -0.3 is 19.6 Å². The van der Waals surface area contributed by atoms with Crippen LogP contribution in [0.25, 0.3) is 22.4 Å². The van der Waals surface area contributed by atoms with Gasteiger partial charge in [0.25, 0.3) is 0 Å². The van der Waals surface area contributed by atoms with Crippen molar-refractivity contribution >= 4 is 17.0 Å². The van der Waals surface area contributed by atoms with Gasteiger partial charge in [0.15, 0.2) is 11.5 Å². The van der Waals surface area contributed by atoms with Crippen LogP contribution in [0, 0.1) is 0 Å². The zero-order chi connectivity index (χ0) is 19.2. The van der Waals surface area contributed by atoms with E-state index in [0.717, 1.165) is 18.4 Å². The van der Waals surface area contributed by atoms with Crippen molar-refractivity contribution in [1.82, 2.24) is 9.97 Å². The molecule has 0 fully saturated rings. The number of aromatic nitrogens is 2. The number of methoxy groups -OCH3 is 1. The van der Waals surface area contributed by atoms with Crippen LogP contribution in [0.15, 0.2) is 36.4 Å². The molecule has 1 aromatic heterocycles. The minimum Gasteiger partial charge on any atom is -0.493 e. The second kappa shape index (κ2) is 8.58. The Hall–Kier alpha value is -3.02. The van der Waals surface area contributed by atoms with Gasteiger partial charge in [-0.15, -0.1) is 0 Å². The Labute approximate surface area is 158 Å². The number of aromatic carboxylic acids is 1. The van der Waals surface area contributed by atoms with Crippen molar-refractivity contribution in [2.24, 2.45) is 0 Å². The summed E-state index contributed by atoms with van der Waals surface area (Å²) in [6.45, 7) is 2.85. The highest BCUT2D eigenvalue weighted by Crippen LogP contribution is 2.32. The number of unbranched alkanes of at least 4 members (excludes halogenated alkanes) is 3. The van der Waals surface area contributed by atoms with Crippen molar-refractivity contribution in [3.05, 3.63) is 42.0 Å². The fourth-order valence-electron chi connectivity index (χ4n) is 2.92. The molecular weight excluding hydrogens is 344 g/mol. The lowest BCUT2D eigenvalue weighted by Crippen LogP contribution is -1.99. The summed E-state index contributed by atoms with van der Waals surface area (Å²) in [6, 6.07) is 10.5. The first-order valence-electron chi connectivity index (χ1n) is 9.16. The quantitative estimate of drug-likeness (QED) is 0.525. The van der Waals surface area contributed by atoms with Gasteiger partial charge in [-0.05, 0) is 42.8 Å². The summed E-state index contributed by atoms with van der Waals surface area (Å²) in [6.07, 6.45) is 4.60. The first-order valence-corrected chi connectivity index (χ1v) is 9.16. The monoisotopic (exact) mass is 368 g/mol. The topological polar surface area (TPSA) is 84.4 Å². The molecule has 27 heavy (non-hydrogen) atoms. The lowest BCUT2D eigenvalue weighted by Gasteiger charge is -2.11. The summed E-state index contributed by atoms with van der Waals surface area (Å²) in [5, 5.41) is 9.12. The van der Waals surface area contributed by atoms with Crippen LogP contribution >= 0.6 is 0 Å². The third-order valence-corrected chi connectivity index (χ3v) is 4.42. The normalized spacial score (nSPS) is 10.9. The van der Waals surface area contributed by atoms with E-state index in [-0.39, 0.29) is 5.56 Å². The number of nitrogens with one attached hydrogen (secondary N) is 1. The zero-order valence-electron chi connectivity index (χ0n) is 15.6. The van der Waals surface area contributed by atoms with E-state index in [1.807, 2.05) is 18.2 Å². The van der Waals surface area contributed by atoms with Gasteiger partial charge in [-0.3, -0.25) is 0 Å². The number of carboxylic acid groups (broad SMARTS) is 1. The summed E-state index contributed by atoms with van der Waals surface area (Å²) < 4.78 is 11.3. The molecule has 0 atom stereocenters. The van der Waals surface area contributed by atoms with E-state index >= 15 is 0 Å². The maximum absolute atomic E-state index is 11.1. The minimum atomic E-state index is -0.963. The Bertz CT molecular complexity index is 933. The smallest absolute Gasteiger partial charge is 0.335 e. The van der Waals surface area contributed by atoms with Crippen molar-refractivity contribution in [3.63, 3.8) is 0 Å².